The van der Waals surface area contributed by atoms with Gasteiger partial charge in [0.2, 0.25) is 5.91 Å². The highest BCUT2D eigenvalue weighted by Crippen LogP contribution is 2.37. The Kier molecular flexibility index (Phi) is 2.79. The molecule has 20 heavy (non-hydrogen) atoms. The number of carbonyl (C=O) groups excluding carboxylic acids is 2. The van der Waals surface area contributed by atoms with Crippen molar-refractivity contribution >= 4 is 17.5 Å². The minimum absolute atomic E-state index is 0.137. The third-order valence-corrected chi connectivity index (χ3v) is 3.70. The van der Waals surface area contributed by atoms with E-state index in [1.165, 1.54) is 24.1 Å². The van der Waals surface area contributed by atoms with Crippen LogP contribution in [0, 0.1) is 0 Å². The average Bonchev–Trinajstić information content (AvgIpc) is 2.75. The van der Waals surface area contributed by atoms with E-state index in [1.54, 1.807) is 0 Å². The summed E-state index contributed by atoms with van der Waals surface area (Å²) in [6.45, 7) is 0. The second-order valence-corrected chi connectivity index (χ2v) is 4.85. The lowest BCUT2D eigenvalue weighted by molar-refractivity contribution is -0.121. The number of phenolic OH excluding ortho intramolecular Hbond substituents is 1. The van der Waals surface area contributed by atoms with E-state index in [1.807, 2.05) is 0 Å². The number of benzene rings is 1. The molecule has 0 bridgehead atoms. The quantitative estimate of drug-likeness (QED) is 0.685. The number of rotatable bonds is 1. The van der Waals surface area contributed by atoms with Gasteiger partial charge in [-0.05, 0) is 18.9 Å². The van der Waals surface area contributed by atoms with Crippen molar-refractivity contribution in [2.75, 3.05) is 12.4 Å². The summed E-state index contributed by atoms with van der Waals surface area (Å²) in [7, 11) is 1.37. The maximum absolute atomic E-state index is 12.5. The second kappa shape index (κ2) is 4.38. The molecule has 2 aliphatic rings. The molecule has 1 aromatic carbocycles. The molecule has 0 radical (unpaired) electrons. The van der Waals surface area contributed by atoms with Gasteiger partial charge in [-0.1, -0.05) is 0 Å². The van der Waals surface area contributed by atoms with Crippen LogP contribution in [-0.2, 0) is 4.79 Å². The van der Waals surface area contributed by atoms with Crippen LogP contribution in [0.15, 0.2) is 12.1 Å². The van der Waals surface area contributed by atoms with Crippen LogP contribution >= 0.6 is 0 Å². The Labute approximate surface area is 114 Å². The fourth-order valence-electron chi connectivity index (χ4n) is 2.69. The number of ether oxygens (including phenoxy) is 1. The summed E-state index contributed by atoms with van der Waals surface area (Å²) < 4.78 is 4.97. The molecule has 3 N–H and O–H groups in total. The highest BCUT2D eigenvalue weighted by atomic mass is 16.5. The van der Waals surface area contributed by atoms with Crippen molar-refractivity contribution in [2.24, 2.45) is 0 Å². The highest BCUT2D eigenvalue weighted by molar-refractivity contribution is 6.10. The van der Waals surface area contributed by atoms with Crippen molar-refractivity contribution in [3.8, 4) is 11.5 Å². The average molecular weight is 278 g/mol. The third-order valence-electron chi connectivity index (χ3n) is 3.70. The Morgan fingerprint density at radius 3 is 2.80 bits per heavy atom. The van der Waals surface area contributed by atoms with E-state index in [0.717, 1.165) is 0 Å². The molecule has 0 saturated carbocycles. The molecule has 2 atom stereocenters. The number of carbonyl (C=O) groups is 2. The molecule has 1 saturated heterocycles. The highest BCUT2D eigenvalue weighted by Gasteiger charge is 2.43. The summed E-state index contributed by atoms with van der Waals surface area (Å²) in [5.74, 6) is -0.842. The Hall–Kier alpha value is -2.28. The molecule has 3 rings (SSSR count). The number of phenols is 1. The van der Waals surface area contributed by atoms with Gasteiger partial charge in [0.1, 0.15) is 12.3 Å². The number of methoxy groups -OCH3 is 1. The Balaban J connectivity index is 2.14. The molecule has 1 aromatic rings. The van der Waals surface area contributed by atoms with Crippen LogP contribution in [0.3, 0.4) is 0 Å². The van der Waals surface area contributed by atoms with E-state index in [4.69, 9.17) is 4.74 Å². The number of fused-ring (bicyclic) bond motifs is 2. The van der Waals surface area contributed by atoms with Gasteiger partial charge < -0.3 is 25.2 Å². The van der Waals surface area contributed by atoms with Crippen LogP contribution < -0.4 is 10.1 Å². The molecule has 7 heteroatoms. The van der Waals surface area contributed by atoms with Crippen LogP contribution in [-0.4, -0.2) is 46.3 Å². The van der Waals surface area contributed by atoms with Crippen LogP contribution in [0.2, 0.25) is 0 Å². The van der Waals surface area contributed by atoms with E-state index >= 15 is 0 Å². The number of nitrogens with one attached hydrogen (secondary N) is 1. The lowest BCUT2D eigenvalue weighted by Gasteiger charge is -2.23. The topological polar surface area (TPSA) is 99.1 Å². The standard InChI is InChI=1S/C13H14N2O5/c1-20-10-4-6-7(5-9(10)16)14-12(18)8-2-3-11(17)15(8)13(6)19/h4-5,8,11,16-17H,2-3H2,1H3,(H,14,18)/t8?,11-/m0/s1. The molecule has 1 fully saturated rings. The number of aliphatic hydroxyl groups is 1. The van der Waals surface area contributed by atoms with E-state index in [0.29, 0.717) is 12.8 Å². The Morgan fingerprint density at radius 1 is 1.35 bits per heavy atom. The Morgan fingerprint density at radius 2 is 2.10 bits per heavy atom. The molecule has 0 spiro atoms. The number of aliphatic hydroxyl groups excluding tert-OH is 1. The van der Waals surface area contributed by atoms with Gasteiger partial charge in [-0.3, -0.25) is 9.59 Å². The fourth-order valence-corrected chi connectivity index (χ4v) is 2.69. The number of hydrogen-bond donors (Lipinski definition) is 3. The first-order valence-corrected chi connectivity index (χ1v) is 6.25. The van der Waals surface area contributed by atoms with Gasteiger partial charge in [0, 0.05) is 6.07 Å². The van der Waals surface area contributed by atoms with Gasteiger partial charge in [-0.25, -0.2) is 0 Å². The SMILES string of the molecule is COc1cc2c(cc1O)NC(=O)C1CC[C@H](O)N1C2=O. The molecule has 0 aliphatic carbocycles. The predicted octanol–water partition coefficient (Wildman–Crippen LogP) is 0.276. The van der Waals surface area contributed by atoms with Crippen LogP contribution in [0.25, 0.3) is 0 Å². The molecular formula is C13H14N2O5. The summed E-state index contributed by atoms with van der Waals surface area (Å²) in [5, 5.41) is 22.2. The number of anilines is 1. The molecule has 7 nitrogen and oxygen atoms in total. The summed E-state index contributed by atoms with van der Waals surface area (Å²) in [4.78, 5) is 25.8. The number of nitrogens with zero attached hydrogens (tertiary/aromatic N) is 1. The van der Waals surface area contributed by atoms with Gasteiger partial charge in [0.05, 0.1) is 18.4 Å². The van der Waals surface area contributed by atoms with E-state index in [2.05, 4.69) is 5.32 Å². The first-order chi connectivity index (χ1) is 9.52. The molecule has 1 unspecified atom stereocenters. The van der Waals surface area contributed by atoms with Gasteiger partial charge >= 0.3 is 0 Å². The summed E-state index contributed by atoms with van der Waals surface area (Å²) in [6, 6.07) is 1.96. The van der Waals surface area contributed by atoms with Crippen molar-refractivity contribution in [3.63, 3.8) is 0 Å². The molecule has 106 valence electrons. The third kappa shape index (κ3) is 1.70. The minimum Gasteiger partial charge on any atom is -0.504 e. The van der Waals surface area contributed by atoms with Gasteiger partial charge in [-0.2, -0.15) is 0 Å². The molecular weight excluding hydrogens is 264 g/mol. The lowest BCUT2D eigenvalue weighted by Crippen LogP contribution is -2.44. The smallest absolute Gasteiger partial charge is 0.258 e. The van der Waals surface area contributed by atoms with Gasteiger partial charge in [0.15, 0.2) is 11.5 Å². The molecule has 2 heterocycles. The van der Waals surface area contributed by atoms with E-state index in [9.17, 15) is 19.8 Å². The van der Waals surface area contributed by atoms with E-state index in [-0.39, 0.29) is 28.7 Å². The van der Waals surface area contributed by atoms with Crippen molar-refractivity contribution in [2.45, 2.75) is 25.1 Å². The predicted molar refractivity (Wildman–Crippen MR) is 68.5 cm³/mol. The summed E-state index contributed by atoms with van der Waals surface area (Å²) >= 11 is 0. The minimum atomic E-state index is -0.969. The first-order valence-electron chi connectivity index (χ1n) is 6.25. The van der Waals surface area contributed by atoms with Gasteiger partial charge in [0.25, 0.3) is 5.91 Å². The zero-order chi connectivity index (χ0) is 14.4. The largest absolute Gasteiger partial charge is 0.504 e. The molecule has 2 amide bonds. The zero-order valence-corrected chi connectivity index (χ0v) is 10.8. The number of amides is 2. The van der Waals surface area contributed by atoms with Crippen molar-refractivity contribution in [3.05, 3.63) is 17.7 Å². The van der Waals surface area contributed by atoms with E-state index < -0.39 is 18.2 Å². The van der Waals surface area contributed by atoms with Gasteiger partial charge in [-0.15, -0.1) is 0 Å². The molecule has 0 aromatic heterocycles. The second-order valence-electron chi connectivity index (χ2n) is 4.85. The van der Waals surface area contributed by atoms with Crippen molar-refractivity contribution < 1.29 is 24.5 Å². The lowest BCUT2D eigenvalue weighted by atomic mass is 10.1. The summed E-state index contributed by atoms with van der Waals surface area (Å²) in [5.41, 5.74) is 0.413. The monoisotopic (exact) mass is 278 g/mol. The molecule has 2 aliphatic heterocycles. The van der Waals surface area contributed by atoms with Crippen molar-refractivity contribution in [1.82, 2.24) is 4.90 Å². The summed E-state index contributed by atoms with van der Waals surface area (Å²) in [6.07, 6.45) is -0.187. The first kappa shape index (κ1) is 12.7. The van der Waals surface area contributed by atoms with Crippen LogP contribution in [0.4, 0.5) is 5.69 Å². The number of hydrogen-bond acceptors (Lipinski definition) is 5. The maximum atomic E-state index is 12.5. The maximum Gasteiger partial charge on any atom is 0.258 e. The number of aromatic hydroxyl groups is 1. The van der Waals surface area contributed by atoms with Crippen LogP contribution in [0.1, 0.15) is 23.2 Å². The normalized spacial score (nSPS) is 24.8. The fraction of sp³-hybridized carbons (Fsp3) is 0.385. The zero-order valence-electron chi connectivity index (χ0n) is 10.8. The van der Waals surface area contributed by atoms with Crippen LogP contribution in [0.5, 0.6) is 11.5 Å². The van der Waals surface area contributed by atoms with Crippen molar-refractivity contribution in [1.29, 1.82) is 0 Å². The Bertz CT molecular complexity index is 601.